The predicted octanol–water partition coefficient (Wildman–Crippen LogP) is 3.64. The number of nitrogens with zero attached hydrogens (tertiary/aromatic N) is 5. The van der Waals surface area contributed by atoms with E-state index in [1.165, 1.54) is 0 Å². The molecule has 0 aliphatic carbocycles. The van der Waals surface area contributed by atoms with E-state index in [9.17, 15) is 9.90 Å². The van der Waals surface area contributed by atoms with E-state index in [-0.39, 0.29) is 11.7 Å². The number of imidazole rings is 1. The zero-order valence-electron chi connectivity index (χ0n) is 19.7. The minimum Gasteiger partial charge on any atom is -0.508 e. The molecule has 182 valence electrons. The molecule has 0 unspecified atom stereocenters. The zero-order chi connectivity index (χ0) is 24.1. The van der Waals surface area contributed by atoms with Crippen molar-refractivity contribution >= 4 is 58.1 Å². The lowest BCUT2D eigenvalue weighted by Crippen LogP contribution is -2.49. The predicted molar refractivity (Wildman–Crippen MR) is 143 cm³/mol. The van der Waals surface area contributed by atoms with Gasteiger partial charge in [-0.3, -0.25) is 18.6 Å². The second-order valence-electron chi connectivity index (χ2n) is 8.09. The van der Waals surface area contributed by atoms with Crippen LogP contribution in [0.3, 0.4) is 0 Å². The molecule has 8 nitrogen and oxygen atoms in total. The van der Waals surface area contributed by atoms with Crippen molar-refractivity contribution in [3.05, 3.63) is 36.3 Å². The van der Waals surface area contributed by atoms with Gasteiger partial charge in [0.25, 0.3) is 0 Å². The first-order chi connectivity index (χ1) is 16.5. The van der Waals surface area contributed by atoms with Gasteiger partial charge in [-0.2, -0.15) is 0 Å². The molecule has 1 saturated heterocycles. The summed E-state index contributed by atoms with van der Waals surface area (Å²) >= 11 is 4.90. The number of pyridine rings is 1. The molecule has 0 atom stereocenters. The summed E-state index contributed by atoms with van der Waals surface area (Å²) in [5.41, 5.74) is 3.60. The summed E-state index contributed by atoms with van der Waals surface area (Å²) in [5.74, 6) is 1.19. The van der Waals surface area contributed by atoms with Gasteiger partial charge in [0, 0.05) is 55.1 Å². The van der Waals surface area contributed by atoms with Crippen LogP contribution in [-0.2, 0) is 4.79 Å². The number of thioether (sulfide) groups is 2. The Labute approximate surface area is 213 Å². The molecule has 1 aromatic carbocycles. The molecule has 0 spiro atoms. The standard InChI is InChI=1S/C23H30N6O2S3/c1-16-12-20(32-2)22(23(25-16)33-3)26-21(31)14-28-8-6-27(7-9-28)10-11-34-29-15-24-18-13-17(30)4-5-19(18)29/h4-5,12-13,15,30H,6-11,14H2,1-3H3,(H,26,31). The number of amides is 1. The molecule has 2 N–H and O–H groups in total. The molecule has 3 aromatic rings. The van der Waals surface area contributed by atoms with Crippen molar-refractivity contribution in [1.82, 2.24) is 23.7 Å². The van der Waals surface area contributed by atoms with Crippen molar-refractivity contribution < 1.29 is 9.90 Å². The molecule has 0 radical (unpaired) electrons. The Bertz CT molecular complexity index is 1120. The van der Waals surface area contributed by atoms with Crippen LogP contribution < -0.4 is 5.32 Å². The maximum atomic E-state index is 12.8. The van der Waals surface area contributed by atoms with Crippen LogP contribution in [0, 0.1) is 6.92 Å². The molecule has 0 bridgehead atoms. The number of piperazine rings is 1. The molecular formula is C23H30N6O2S3. The van der Waals surface area contributed by atoms with Crippen LogP contribution in [0.15, 0.2) is 40.5 Å². The lowest BCUT2D eigenvalue weighted by Gasteiger charge is -2.34. The summed E-state index contributed by atoms with van der Waals surface area (Å²) in [7, 11) is 0. The van der Waals surface area contributed by atoms with Crippen LogP contribution in [0.1, 0.15) is 5.69 Å². The Hall–Kier alpha value is -1.92. The van der Waals surface area contributed by atoms with Gasteiger partial charge in [0.1, 0.15) is 17.1 Å². The Morgan fingerprint density at radius 2 is 1.88 bits per heavy atom. The SMILES string of the molecule is CSc1cc(C)nc(SC)c1NC(=O)CN1CCN(CCSn2cnc3cc(O)ccc32)CC1. The number of hydrogen-bond acceptors (Lipinski definition) is 9. The van der Waals surface area contributed by atoms with Crippen molar-refractivity contribution in [2.45, 2.75) is 16.8 Å². The summed E-state index contributed by atoms with van der Waals surface area (Å²) in [6.07, 6.45) is 5.81. The van der Waals surface area contributed by atoms with Crippen molar-refractivity contribution in [3.8, 4) is 5.75 Å². The number of rotatable bonds is 9. The molecule has 3 heterocycles. The number of benzene rings is 1. The third-order valence-electron chi connectivity index (χ3n) is 5.72. The Kier molecular flexibility index (Phi) is 8.65. The fourth-order valence-electron chi connectivity index (χ4n) is 3.94. The number of fused-ring (bicyclic) bond motifs is 1. The van der Waals surface area contributed by atoms with Crippen LogP contribution >= 0.6 is 35.5 Å². The van der Waals surface area contributed by atoms with Crippen molar-refractivity contribution in [2.24, 2.45) is 0 Å². The van der Waals surface area contributed by atoms with E-state index in [0.29, 0.717) is 6.54 Å². The number of aryl methyl sites for hydroxylation is 1. The molecule has 11 heteroatoms. The second kappa shape index (κ2) is 11.7. The summed E-state index contributed by atoms with van der Waals surface area (Å²) in [6.45, 7) is 7.00. The highest BCUT2D eigenvalue weighted by atomic mass is 32.2. The second-order valence-corrected chi connectivity index (χ2v) is 10.8. The molecule has 1 fully saturated rings. The Balaban J connectivity index is 1.22. The smallest absolute Gasteiger partial charge is 0.238 e. The summed E-state index contributed by atoms with van der Waals surface area (Å²) < 4.78 is 2.06. The third-order valence-corrected chi connectivity index (χ3v) is 8.10. The molecule has 2 aromatic heterocycles. The van der Waals surface area contributed by atoms with Gasteiger partial charge in [-0.15, -0.1) is 23.5 Å². The molecule has 1 amide bonds. The maximum Gasteiger partial charge on any atom is 0.238 e. The molecule has 34 heavy (non-hydrogen) atoms. The van der Waals surface area contributed by atoms with Crippen LogP contribution in [0.5, 0.6) is 5.75 Å². The summed E-state index contributed by atoms with van der Waals surface area (Å²) in [4.78, 5) is 27.4. The van der Waals surface area contributed by atoms with Gasteiger partial charge in [-0.25, -0.2) is 9.97 Å². The van der Waals surface area contributed by atoms with Gasteiger partial charge in [-0.05, 0) is 49.6 Å². The van der Waals surface area contributed by atoms with Crippen LogP contribution in [-0.4, -0.2) is 92.3 Å². The van der Waals surface area contributed by atoms with E-state index in [2.05, 4.69) is 29.1 Å². The van der Waals surface area contributed by atoms with Gasteiger partial charge in [0.05, 0.1) is 23.3 Å². The van der Waals surface area contributed by atoms with E-state index in [0.717, 1.165) is 70.8 Å². The van der Waals surface area contributed by atoms with Crippen molar-refractivity contribution in [1.29, 1.82) is 0 Å². The van der Waals surface area contributed by atoms with Crippen molar-refractivity contribution in [2.75, 3.05) is 62.8 Å². The Morgan fingerprint density at radius 3 is 2.62 bits per heavy atom. The average molecular weight is 519 g/mol. The largest absolute Gasteiger partial charge is 0.508 e. The third kappa shape index (κ3) is 6.19. The molecular weight excluding hydrogens is 488 g/mol. The van der Waals surface area contributed by atoms with E-state index in [1.807, 2.05) is 31.6 Å². The highest BCUT2D eigenvalue weighted by Crippen LogP contribution is 2.33. The first kappa shape index (κ1) is 25.2. The highest BCUT2D eigenvalue weighted by Gasteiger charge is 2.20. The molecule has 1 aliphatic heterocycles. The molecule has 0 saturated carbocycles. The number of carbonyl (C=O) groups excluding carboxylic acids is 1. The zero-order valence-corrected chi connectivity index (χ0v) is 22.1. The quantitative estimate of drug-likeness (QED) is 0.412. The van der Waals surface area contributed by atoms with Crippen molar-refractivity contribution in [3.63, 3.8) is 0 Å². The van der Waals surface area contributed by atoms with Gasteiger partial charge in [0.15, 0.2) is 0 Å². The summed E-state index contributed by atoms with van der Waals surface area (Å²) in [6, 6.07) is 7.29. The number of anilines is 1. The van der Waals surface area contributed by atoms with E-state index < -0.39 is 0 Å². The topological polar surface area (TPSA) is 86.5 Å². The normalized spacial score (nSPS) is 15.1. The lowest BCUT2D eigenvalue weighted by molar-refractivity contribution is -0.117. The van der Waals surface area contributed by atoms with Gasteiger partial charge in [-0.1, -0.05) is 0 Å². The fourth-order valence-corrected chi connectivity index (χ4v) is 6.19. The van der Waals surface area contributed by atoms with E-state index in [4.69, 9.17) is 0 Å². The number of aromatic nitrogens is 3. The van der Waals surface area contributed by atoms with Crippen LogP contribution in [0.4, 0.5) is 5.69 Å². The monoisotopic (exact) mass is 518 g/mol. The van der Waals surface area contributed by atoms with Gasteiger partial charge < -0.3 is 10.4 Å². The van der Waals surface area contributed by atoms with Crippen LogP contribution in [0.2, 0.25) is 0 Å². The van der Waals surface area contributed by atoms with Gasteiger partial charge >= 0.3 is 0 Å². The highest BCUT2D eigenvalue weighted by molar-refractivity contribution is 7.99. The average Bonchev–Trinajstić information content (AvgIpc) is 3.22. The fraction of sp³-hybridized carbons (Fsp3) is 0.435. The number of phenols is 1. The van der Waals surface area contributed by atoms with Crippen LogP contribution in [0.25, 0.3) is 11.0 Å². The number of phenolic OH excluding ortho intramolecular Hbond substituents is 1. The minimum atomic E-state index is 0.0123. The minimum absolute atomic E-state index is 0.0123. The lowest BCUT2D eigenvalue weighted by atomic mass is 10.3. The summed E-state index contributed by atoms with van der Waals surface area (Å²) in [5, 5.41) is 13.6. The maximum absolute atomic E-state index is 12.8. The van der Waals surface area contributed by atoms with E-state index >= 15 is 0 Å². The number of carbonyl (C=O) groups is 1. The first-order valence-corrected chi connectivity index (χ1v) is 14.5. The number of nitrogens with one attached hydrogen (secondary N) is 1. The van der Waals surface area contributed by atoms with Gasteiger partial charge in [0.2, 0.25) is 5.91 Å². The molecule has 1 aliphatic rings. The van der Waals surface area contributed by atoms with E-state index in [1.54, 1.807) is 53.9 Å². The molecule has 4 rings (SSSR count). The first-order valence-electron chi connectivity index (χ1n) is 11.1. The Morgan fingerprint density at radius 1 is 1.12 bits per heavy atom. The number of hydrogen-bond donors (Lipinski definition) is 2. The number of aromatic hydroxyl groups is 1.